The second-order valence-electron chi connectivity index (χ2n) is 5.33. The van der Waals surface area contributed by atoms with E-state index in [0.717, 1.165) is 19.8 Å². The van der Waals surface area contributed by atoms with Gasteiger partial charge < -0.3 is 25.1 Å². The van der Waals surface area contributed by atoms with E-state index in [4.69, 9.17) is 19.9 Å². The Bertz CT molecular complexity index is 439. The molecule has 0 bridgehead atoms. The maximum absolute atomic E-state index is 12.2. The lowest BCUT2D eigenvalue weighted by atomic mass is 9.85. The van der Waals surface area contributed by atoms with Gasteiger partial charge in [0.05, 0.1) is 6.61 Å². The van der Waals surface area contributed by atoms with Gasteiger partial charge in [0.2, 0.25) is 0 Å². The Morgan fingerprint density at radius 1 is 1.41 bits per heavy atom. The van der Waals surface area contributed by atoms with Crippen LogP contribution in [0.1, 0.15) is 40.0 Å². The third-order valence-corrected chi connectivity index (χ3v) is 3.56. The fourth-order valence-corrected chi connectivity index (χ4v) is 2.49. The van der Waals surface area contributed by atoms with Crippen LogP contribution in [-0.2, 0) is 28.6 Å². The summed E-state index contributed by atoms with van der Waals surface area (Å²) < 4.78 is 15.3. The van der Waals surface area contributed by atoms with E-state index >= 15 is 0 Å². The van der Waals surface area contributed by atoms with Crippen LogP contribution in [0, 0.1) is 0 Å². The number of cyclic esters (lactones) is 1. The molecular formula is C14H23NO7. The van der Waals surface area contributed by atoms with Crippen molar-refractivity contribution in [2.75, 3.05) is 6.61 Å². The molecule has 126 valence electrons. The zero-order chi connectivity index (χ0) is 16.9. The molecule has 0 radical (unpaired) electrons. The molecule has 1 fully saturated rings. The highest BCUT2D eigenvalue weighted by Crippen LogP contribution is 2.34. The molecule has 1 aliphatic rings. The van der Waals surface area contributed by atoms with Gasteiger partial charge in [-0.25, -0.2) is 4.79 Å². The minimum absolute atomic E-state index is 0.456. The first kappa shape index (κ1) is 18.4. The van der Waals surface area contributed by atoms with Crippen molar-refractivity contribution >= 4 is 17.9 Å². The Balaban J connectivity index is 3.11. The molecule has 0 aromatic carbocycles. The van der Waals surface area contributed by atoms with Gasteiger partial charge in [0.1, 0.15) is 6.10 Å². The monoisotopic (exact) mass is 317 g/mol. The van der Waals surface area contributed by atoms with Gasteiger partial charge in [0.25, 0.3) is 0 Å². The van der Waals surface area contributed by atoms with E-state index in [-0.39, 0.29) is 0 Å². The number of esters is 3. The van der Waals surface area contributed by atoms with Crippen LogP contribution < -0.4 is 5.73 Å². The summed E-state index contributed by atoms with van der Waals surface area (Å²) in [5.74, 6) is -2.21. The molecule has 0 aromatic rings. The Morgan fingerprint density at radius 3 is 2.50 bits per heavy atom. The predicted molar refractivity (Wildman–Crippen MR) is 74.5 cm³/mol. The third kappa shape index (κ3) is 3.75. The zero-order valence-electron chi connectivity index (χ0n) is 13.0. The van der Waals surface area contributed by atoms with Crippen molar-refractivity contribution in [2.24, 2.45) is 5.73 Å². The molecule has 0 unspecified atom stereocenters. The molecule has 0 saturated carbocycles. The second-order valence-corrected chi connectivity index (χ2v) is 5.33. The predicted octanol–water partition coefficient (Wildman–Crippen LogP) is -0.345. The Hall–Kier alpha value is -1.67. The largest absolute Gasteiger partial charge is 0.457 e. The lowest BCUT2D eigenvalue weighted by Gasteiger charge is -2.33. The second kappa shape index (κ2) is 7.55. The molecule has 4 atom stereocenters. The van der Waals surface area contributed by atoms with Crippen LogP contribution in [0.4, 0.5) is 0 Å². The Labute approximate surface area is 128 Å². The van der Waals surface area contributed by atoms with Crippen molar-refractivity contribution in [3.63, 3.8) is 0 Å². The van der Waals surface area contributed by atoms with E-state index in [0.29, 0.717) is 6.42 Å². The molecular weight excluding hydrogens is 294 g/mol. The summed E-state index contributed by atoms with van der Waals surface area (Å²) in [4.78, 5) is 34.7. The number of rotatable bonds is 7. The first-order valence-electron chi connectivity index (χ1n) is 7.22. The first-order valence-corrected chi connectivity index (χ1v) is 7.22. The summed E-state index contributed by atoms with van der Waals surface area (Å²) in [6, 6.07) is 0. The van der Waals surface area contributed by atoms with Gasteiger partial charge in [0.15, 0.2) is 17.7 Å². The van der Waals surface area contributed by atoms with Crippen LogP contribution >= 0.6 is 0 Å². The van der Waals surface area contributed by atoms with Crippen molar-refractivity contribution in [2.45, 2.75) is 63.9 Å². The number of ether oxygens (including phenoxy) is 3. The SMILES string of the molecule is CCCC[C@@H]1OC(=O)[C@@](N)([C@H](CO)OC(C)=O)[C@@H]1OC(C)=O. The lowest BCUT2D eigenvalue weighted by molar-refractivity contribution is -0.165. The van der Waals surface area contributed by atoms with Crippen molar-refractivity contribution in [3.8, 4) is 0 Å². The molecule has 0 spiro atoms. The standard InChI is InChI=1S/C14H23NO7/c1-4-5-6-10-12(21-9(3)18)14(15,13(19)22-10)11(7-16)20-8(2)17/h10-12,16H,4-7,15H2,1-3H3/t10-,11-,12+,14+/m0/s1. The third-order valence-electron chi connectivity index (χ3n) is 3.56. The summed E-state index contributed by atoms with van der Waals surface area (Å²) >= 11 is 0. The quantitative estimate of drug-likeness (QED) is 0.482. The molecule has 1 heterocycles. The molecule has 0 aromatic heterocycles. The average Bonchev–Trinajstić information content (AvgIpc) is 2.67. The number of aliphatic hydroxyl groups excluding tert-OH is 1. The van der Waals surface area contributed by atoms with E-state index < -0.39 is 48.4 Å². The number of nitrogens with two attached hydrogens (primary N) is 1. The van der Waals surface area contributed by atoms with Gasteiger partial charge in [-0.3, -0.25) is 9.59 Å². The summed E-state index contributed by atoms with van der Waals surface area (Å²) in [7, 11) is 0. The first-order chi connectivity index (χ1) is 10.3. The molecule has 22 heavy (non-hydrogen) atoms. The number of carbonyl (C=O) groups is 3. The maximum Gasteiger partial charge on any atom is 0.334 e. The lowest BCUT2D eigenvalue weighted by Crippen LogP contribution is -2.65. The van der Waals surface area contributed by atoms with Crippen molar-refractivity contribution in [1.29, 1.82) is 0 Å². The Morgan fingerprint density at radius 2 is 2.05 bits per heavy atom. The summed E-state index contributed by atoms with van der Waals surface area (Å²) in [5, 5.41) is 9.43. The van der Waals surface area contributed by atoms with Gasteiger partial charge in [-0.2, -0.15) is 0 Å². The fraction of sp³-hybridized carbons (Fsp3) is 0.786. The summed E-state index contributed by atoms with van der Waals surface area (Å²) in [6.07, 6.45) is -1.16. The highest BCUT2D eigenvalue weighted by molar-refractivity contribution is 5.86. The van der Waals surface area contributed by atoms with Gasteiger partial charge in [-0.05, 0) is 12.8 Å². The summed E-state index contributed by atoms with van der Waals surface area (Å²) in [5.41, 5.74) is 4.15. The van der Waals surface area contributed by atoms with Gasteiger partial charge in [-0.1, -0.05) is 13.3 Å². The zero-order valence-corrected chi connectivity index (χ0v) is 13.0. The smallest absolute Gasteiger partial charge is 0.334 e. The van der Waals surface area contributed by atoms with E-state index in [2.05, 4.69) is 0 Å². The normalized spacial score (nSPS) is 28.9. The van der Waals surface area contributed by atoms with Crippen molar-refractivity contribution in [1.82, 2.24) is 0 Å². The number of carbonyl (C=O) groups excluding carboxylic acids is 3. The number of hydrogen-bond donors (Lipinski definition) is 2. The molecule has 1 saturated heterocycles. The maximum atomic E-state index is 12.2. The van der Waals surface area contributed by atoms with E-state index in [1.807, 2.05) is 6.92 Å². The van der Waals surface area contributed by atoms with Crippen molar-refractivity contribution in [3.05, 3.63) is 0 Å². The minimum Gasteiger partial charge on any atom is -0.457 e. The topological polar surface area (TPSA) is 125 Å². The fourth-order valence-electron chi connectivity index (χ4n) is 2.49. The van der Waals surface area contributed by atoms with E-state index in [1.165, 1.54) is 6.92 Å². The van der Waals surface area contributed by atoms with Gasteiger partial charge in [0, 0.05) is 13.8 Å². The number of hydrogen-bond acceptors (Lipinski definition) is 8. The van der Waals surface area contributed by atoms with Crippen LogP contribution in [0.3, 0.4) is 0 Å². The minimum atomic E-state index is -1.93. The molecule has 8 nitrogen and oxygen atoms in total. The van der Waals surface area contributed by atoms with Crippen LogP contribution in [0.2, 0.25) is 0 Å². The molecule has 0 aliphatic carbocycles. The Kier molecular flexibility index (Phi) is 6.31. The molecule has 1 aliphatic heterocycles. The number of aliphatic hydroxyl groups is 1. The van der Waals surface area contributed by atoms with Crippen LogP contribution in [0.25, 0.3) is 0 Å². The average molecular weight is 317 g/mol. The van der Waals surface area contributed by atoms with Crippen molar-refractivity contribution < 1.29 is 33.7 Å². The molecule has 1 rings (SSSR count). The van der Waals surface area contributed by atoms with Gasteiger partial charge in [-0.15, -0.1) is 0 Å². The van der Waals surface area contributed by atoms with Crippen LogP contribution in [-0.4, -0.2) is 53.5 Å². The number of unbranched alkanes of at least 4 members (excludes halogenated alkanes) is 1. The highest BCUT2D eigenvalue weighted by atomic mass is 16.6. The van der Waals surface area contributed by atoms with Crippen LogP contribution in [0.5, 0.6) is 0 Å². The van der Waals surface area contributed by atoms with Crippen LogP contribution in [0.15, 0.2) is 0 Å². The summed E-state index contributed by atoms with van der Waals surface area (Å²) in [6.45, 7) is 3.58. The molecule has 8 heteroatoms. The molecule has 3 N–H and O–H groups in total. The van der Waals surface area contributed by atoms with E-state index in [1.54, 1.807) is 0 Å². The molecule has 0 amide bonds. The van der Waals surface area contributed by atoms with Gasteiger partial charge >= 0.3 is 17.9 Å². The highest BCUT2D eigenvalue weighted by Gasteiger charge is 2.62. The van der Waals surface area contributed by atoms with E-state index in [9.17, 15) is 19.5 Å².